The number of halogens is 2. The number of nitrogens with zero attached hydrogens (tertiary/aromatic N) is 6. The Bertz CT molecular complexity index is 1110. The van der Waals surface area contributed by atoms with Crippen molar-refractivity contribution >= 4 is 29.1 Å². The van der Waals surface area contributed by atoms with E-state index in [9.17, 15) is 4.79 Å². The lowest BCUT2D eigenvalue weighted by atomic mass is 9.95. The van der Waals surface area contributed by atoms with Crippen LogP contribution >= 0.6 is 23.2 Å². The van der Waals surface area contributed by atoms with Crippen LogP contribution in [-0.2, 0) is 13.0 Å². The fraction of sp³-hybridized carbons (Fsp3) is 0.429. The summed E-state index contributed by atoms with van der Waals surface area (Å²) in [6.07, 6.45) is 3.97. The third kappa shape index (κ3) is 3.40. The smallest absolute Gasteiger partial charge is 0.274 e. The molecule has 0 aliphatic carbocycles. The van der Waals surface area contributed by atoms with E-state index < -0.39 is 0 Å². The Morgan fingerprint density at radius 3 is 2.63 bits per heavy atom. The number of hydrogen-bond donors (Lipinski definition) is 0. The van der Waals surface area contributed by atoms with Crippen LogP contribution in [0.1, 0.15) is 53.0 Å². The number of fused-ring (bicyclic) bond motifs is 1. The summed E-state index contributed by atoms with van der Waals surface area (Å²) in [5.74, 6) is 2.52. The van der Waals surface area contributed by atoms with Crippen molar-refractivity contribution < 1.29 is 4.79 Å². The lowest BCUT2D eigenvalue weighted by molar-refractivity contribution is 0.0704. The van der Waals surface area contributed by atoms with Crippen LogP contribution in [0.15, 0.2) is 24.3 Å². The Labute approximate surface area is 184 Å². The van der Waals surface area contributed by atoms with Crippen molar-refractivity contribution in [1.82, 2.24) is 29.4 Å². The summed E-state index contributed by atoms with van der Waals surface area (Å²) >= 11 is 12.2. The predicted octanol–water partition coefficient (Wildman–Crippen LogP) is 4.05. The zero-order valence-electron chi connectivity index (χ0n) is 16.7. The summed E-state index contributed by atoms with van der Waals surface area (Å²) in [6.45, 7) is 4.33. The molecule has 3 aromatic rings. The molecule has 7 nitrogen and oxygen atoms in total. The third-order valence-electron chi connectivity index (χ3n) is 6.04. The maximum absolute atomic E-state index is 13.1. The van der Waals surface area contributed by atoms with Crippen LogP contribution in [0, 0.1) is 6.92 Å². The first-order valence-corrected chi connectivity index (χ1v) is 11.0. The third-order valence-corrected chi connectivity index (χ3v) is 6.78. The minimum absolute atomic E-state index is 0.0400. The average Bonchev–Trinajstić information content (AvgIpc) is 3.45. The topological polar surface area (TPSA) is 68.8 Å². The molecule has 4 heterocycles. The molecule has 30 heavy (non-hydrogen) atoms. The van der Waals surface area contributed by atoms with Gasteiger partial charge >= 0.3 is 0 Å². The summed E-state index contributed by atoms with van der Waals surface area (Å²) in [7, 11) is 0. The maximum Gasteiger partial charge on any atom is 0.274 e. The van der Waals surface area contributed by atoms with E-state index in [1.165, 1.54) is 0 Å². The number of rotatable bonds is 3. The second-order valence-electron chi connectivity index (χ2n) is 7.98. The van der Waals surface area contributed by atoms with Crippen LogP contribution in [0.25, 0.3) is 5.69 Å². The average molecular weight is 445 g/mol. The first-order valence-electron chi connectivity index (χ1n) is 10.2. The van der Waals surface area contributed by atoms with E-state index in [1.54, 1.807) is 16.8 Å². The second-order valence-corrected chi connectivity index (χ2v) is 8.79. The van der Waals surface area contributed by atoms with E-state index in [1.807, 2.05) is 24.0 Å². The van der Waals surface area contributed by atoms with Gasteiger partial charge in [0.2, 0.25) is 0 Å². The number of aromatic nitrogens is 5. The first kappa shape index (κ1) is 19.6. The van der Waals surface area contributed by atoms with E-state index in [0.717, 1.165) is 55.3 Å². The summed E-state index contributed by atoms with van der Waals surface area (Å²) < 4.78 is 3.99. The maximum atomic E-state index is 13.1. The van der Waals surface area contributed by atoms with Gasteiger partial charge in [0, 0.05) is 37.7 Å². The Morgan fingerprint density at radius 2 is 1.87 bits per heavy atom. The highest BCUT2D eigenvalue weighted by Crippen LogP contribution is 2.30. The molecule has 2 aliphatic rings. The molecule has 0 radical (unpaired) electrons. The summed E-state index contributed by atoms with van der Waals surface area (Å²) in [6, 6.07) is 7.14. The molecule has 0 N–H and O–H groups in total. The number of hydrogen-bond acceptors (Lipinski definition) is 4. The normalized spacial score (nSPS) is 16.8. The van der Waals surface area contributed by atoms with Crippen LogP contribution < -0.4 is 0 Å². The van der Waals surface area contributed by atoms with Gasteiger partial charge in [0.1, 0.15) is 11.6 Å². The van der Waals surface area contributed by atoms with Gasteiger partial charge in [-0.3, -0.25) is 4.79 Å². The Hall–Kier alpha value is -2.38. The molecule has 0 bridgehead atoms. The molecule has 1 saturated heterocycles. The van der Waals surface area contributed by atoms with E-state index in [4.69, 9.17) is 23.2 Å². The van der Waals surface area contributed by atoms with Gasteiger partial charge in [-0.05, 0) is 50.5 Å². The molecular formula is C21H22Cl2N6O. The Kier molecular flexibility index (Phi) is 5.03. The zero-order chi connectivity index (χ0) is 20.8. The number of piperidine rings is 1. The number of carbonyl (C=O) groups is 1. The molecule has 0 saturated carbocycles. The SMILES string of the molecule is Cc1cc(C(=O)N2CCC(c3nnc4n3CCC4)CC2)nn1-c1ccc(Cl)c(Cl)c1. The van der Waals surface area contributed by atoms with Crippen LogP contribution in [-0.4, -0.2) is 48.4 Å². The fourth-order valence-electron chi connectivity index (χ4n) is 4.43. The van der Waals surface area contributed by atoms with Crippen LogP contribution in [0.2, 0.25) is 10.0 Å². The van der Waals surface area contributed by atoms with Crippen LogP contribution in [0.3, 0.4) is 0 Å². The van der Waals surface area contributed by atoms with Crippen molar-refractivity contribution in [2.75, 3.05) is 13.1 Å². The van der Waals surface area contributed by atoms with Crippen LogP contribution in [0.5, 0.6) is 0 Å². The molecule has 0 spiro atoms. The zero-order valence-corrected chi connectivity index (χ0v) is 18.2. The van der Waals surface area contributed by atoms with Gasteiger partial charge in [-0.1, -0.05) is 23.2 Å². The molecule has 9 heteroatoms. The lowest BCUT2D eigenvalue weighted by Gasteiger charge is -2.31. The van der Waals surface area contributed by atoms with Gasteiger partial charge in [-0.25, -0.2) is 4.68 Å². The van der Waals surface area contributed by atoms with Gasteiger partial charge in [0.25, 0.3) is 5.91 Å². The van der Waals surface area contributed by atoms with Crippen molar-refractivity contribution in [2.24, 2.45) is 0 Å². The largest absolute Gasteiger partial charge is 0.337 e. The molecule has 1 fully saturated rings. The minimum Gasteiger partial charge on any atom is -0.337 e. The van der Waals surface area contributed by atoms with E-state index in [-0.39, 0.29) is 5.91 Å². The van der Waals surface area contributed by atoms with Gasteiger partial charge in [-0.2, -0.15) is 5.10 Å². The molecule has 156 valence electrons. The van der Waals surface area contributed by atoms with E-state index in [0.29, 0.717) is 34.7 Å². The van der Waals surface area contributed by atoms with E-state index >= 15 is 0 Å². The molecule has 0 unspecified atom stereocenters. The standard InChI is InChI=1S/C21H22Cl2N6O/c1-13-11-18(26-29(13)15-4-5-16(22)17(23)12-15)21(30)27-9-6-14(7-10-27)20-25-24-19-3-2-8-28(19)20/h4-5,11-12,14H,2-3,6-10H2,1H3. The highest BCUT2D eigenvalue weighted by molar-refractivity contribution is 6.42. The molecule has 1 aromatic carbocycles. The highest BCUT2D eigenvalue weighted by atomic mass is 35.5. The minimum atomic E-state index is -0.0400. The van der Waals surface area contributed by atoms with Gasteiger partial charge < -0.3 is 9.47 Å². The van der Waals surface area contributed by atoms with Gasteiger partial charge in [0.05, 0.1) is 15.7 Å². The summed E-state index contributed by atoms with van der Waals surface area (Å²) in [5, 5.41) is 14.2. The van der Waals surface area contributed by atoms with Gasteiger partial charge in [-0.15, -0.1) is 10.2 Å². The molecule has 5 rings (SSSR count). The summed E-state index contributed by atoms with van der Waals surface area (Å²) in [5.41, 5.74) is 2.09. The monoisotopic (exact) mass is 444 g/mol. The van der Waals surface area contributed by atoms with Crippen LogP contribution in [0.4, 0.5) is 0 Å². The van der Waals surface area contributed by atoms with Crippen molar-refractivity contribution in [2.45, 2.75) is 45.1 Å². The van der Waals surface area contributed by atoms with Crippen molar-refractivity contribution in [3.63, 3.8) is 0 Å². The molecule has 2 aliphatic heterocycles. The van der Waals surface area contributed by atoms with Crippen molar-refractivity contribution in [3.8, 4) is 5.69 Å². The Morgan fingerprint density at radius 1 is 1.07 bits per heavy atom. The van der Waals surface area contributed by atoms with E-state index in [2.05, 4.69) is 19.9 Å². The Balaban J connectivity index is 1.29. The number of benzene rings is 1. The molecule has 0 atom stereocenters. The summed E-state index contributed by atoms with van der Waals surface area (Å²) in [4.78, 5) is 15.0. The predicted molar refractivity (Wildman–Crippen MR) is 115 cm³/mol. The molecule has 1 amide bonds. The number of carbonyl (C=O) groups excluding carboxylic acids is 1. The fourth-order valence-corrected chi connectivity index (χ4v) is 4.73. The number of likely N-dealkylation sites (tertiary alicyclic amines) is 1. The lowest BCUT2D eigenvalue weighted by Crippen LogP contribution is -2.38. The highest BCUT2D eigenvalue weighted by Gasteiger charge is 2.30. The van der Waals surface area contributed by atoms with Crippen molar-refractivity contribution in [3.05, 3.63) is 57.3 Å². The number of aryl methyl sites for hydroxylation is 2. The second kappa shape index (κ2) is 7.71. The molecule has 2 aromatic heterocycles. The quantitative estimate of drug-likeness (QED) is 0.610. The van der Waals surface area contributed by atoms with Crippen molar-refractivity contribution in [1.29, 1.82) is 0 Å². The first-order chi connectivity index (χ1) is 14.5. The molecular weight excluding hydrogens is 423 g/mol. The number of amides is 1. The van der Waals surface area contributed by atoms with Gasteiger partial charge in [0.15, 0.2) is 5.69 Å².